The van der Waals surface area contributed by atoms with Crippen molar-refractivity contribution in [1.29, 1.82) is 0 Å². The van der Waals surface area contributed by atoms with Crippen LogP contribution in [0.3, 0.4) is 0 Å². The van der Waals surface area contributed by atoms with Crippen molar-refractivity contribution in [3.05, 3.63) is 0 Å². The first kappa shape index (κ1) is 11.3. The van der Waals surface area contributed by atoms with Crippen LogP contribution in [0.2, 0.25) is 0 Å². The van der Waals surface area contributed by atoms with Crippen molar-refractivity contribution < 1.29 is 27.9 Å². The van der Waals surface area contributed by atoms with Crippen molar-refractivity contribution in [2.75, 3.05) is 13.1 Å². The maximum atomic E-state index is 11.7. The van der Waals surface area contributed by atoms with Crippen LogP contribution in [0.1, 0.15) is 12.8 Å². The molecule has 1 saturated heterocycles. The Morgan fingerprint density at radius 3 is 2.29 bits per heavy atom. The number of alkyl halides is 3. The highest BCUT2D eigenvalue weighted by Crippen LogP contribution is 2.19. The number of aliphatic hydroxyl groups is 1. The number of carbonyl (C=O) groups is 1. The molecule has 1 aliphatic heterocycles. The summed E-state index contributed by atoms with van der Waals surface area (Å²) < 4.78 is 35.2. The average Bonchev–Trinajstić information content (AvgIpc) is 2.07. The molecule has 82 valence electrons. The van der Waals surface area contributed by atoms with Crippen LogP contribution < -0.4 is 0 Å². The number of hydrogen-bond acceptors (Lipinski definition) is 4. The topological polar surface area (TPSA) is 49.8 Å². The monoisotopic (exact) mass is 213 g/mol. The van der Waals surface area contributed by atoms with E-state index in [0.29, 0.717) is 12.8 Å². The molecule has 0 aromatic carbocycles. The van der Waals surface area contributed by atoms with E-state index in [1.807, 2.05) is 0 Å². The third kappa shape index (κ3) is 3.15. The Morgan fingerprint density at radius 2 is 1.86 bits per heavy atom. The molecule has 1 heterocycles. The van der Waals surface area contributed by atoms with E-state index < -0.39 is 18.2 Å². The smallest absolute Gasteiger partial charge is 0.393 e. The van der Waals surface area contributed by atoms with E-state index in [2.05, 4.69) is 4.84 Å². The molecule has 0 aliphatic carbocycles. The van der Waals surface area contributed by atoms with Crippen LogP contribution >= 0.6 is 0 Å². The average molecular weight is 213 g/mol. The normalized spacial score (nSPS) is 20.9. The SMILES string of the molecule is O=C(ON1CCC(O)CC1)C(F)(F)F. The first-order chi connectivity index (χ1) is 6.39. The minimum atomic E-state index is -4.96. The summed E-state index contributed by atoms with van der Waals surface area (Å²) >= 11 is 0. The predicted octanol–water partition coefficient (Wildman–Crippen LogP) is 0.464. The molecule has 0 atom stereocenters. The molecule has 0 unspecified atom stereocenters. The van der Waals surface area contributed by atoms with Crippen molar-refractivity contribution in [2.45, 2.75) is 25.1 Å². The fourth-order valence-electron chi connectivity index (χ4n) is 1.10. The molecule has 14 heavy (non-hydrogen) atoms. The van der Waals surface area contributed by atoms with Crippen LogP contribution in [0.15, 0.2) is 0 Å². The predicted molar refractivity (Wildman–Crippen MR) is 39.0 cm³/mol. The van der Waals surface area contributed by atoms with Gasteiger partial charge in [-0.25, -0.2) is 4.79 Å². The molecule has 1 N–H and O–H groups in total. The number of hydroxylamine groups is 2. The molecular formula is C7H10F3NO3. The second-order valence-corrected chi connectivity index (χ2v) is 3.04. The highest BCUT2D eigenvalue weighted by molar-refractivity contribution is 5.75. The molecule has 0 aromatic heterocycles. The lowest BCUT2D eigenvalue weighted by molar-refractivity contribution is -0.243. The van der Waals surface area contributed by atoms with Gasteiger partial charge in [0.25, 0.3) is 0 Å². The van der Waals surface area contributed by atoms with Crippen LogP contribution in [-0.2, 0) is 9.63 Å². The summed E-state index contributed by atoms with van der Waals surface area (Å²) in [5, 5.41) is 9.95. The lowest BCUT2D eigenvalue weighted by Gasteiger charge is -2.27. The van der Waals surface area contributed by atoms with Crippen LogP contribution in [0.25, 0.3) is 0 Å². The molecule has 0 radical (unpaired) electrons. The zero-order valence-electron chi connectivity index (χ0n) is 7.25. The second kappa shape index (κ2) is 4.14. The third-order valence-corrected chi connectivity index (χ3v) is 1.87. The van der Waals surface area contributed by atoms with Crippen LogP contribution in [-0.4, -0.2) is 41.5 Å². The van der Waals surface area contributed by atoms with Crippen molar-refractivity contribution in [1.82, 2.24) is 5.06 Å². The van der Waals surface area contributed by atoms with E-state index in [9.17, 15) is 18.0 Å². The fourth-order valence-corrected chi connectivity index (χ4v) is 1.10. The number of nitrogens with zero attached hydrogens (tertiary/aromatic N) is 1. The van der Waals surface area contributed by atoms with Gasteiger partial charge in [0, 0.05) is 13.1 Å². The van der Waals surface area contributed by atoms with Crippen molar-refractivity contribution in [3.63, 3.8) is 0 Å². The lowest BCUT2D eigenvalue weighted by atomic mass is 10.1. The van der Waals surface area contributed by atoms with Crippen LogP contribution in [0, 0.1) is 0 Å². The molecule has 7 heteroatoms. The number of piperidine rings is 1. The molecule has 0 amide bonds. The largest absolute Gasteiger partial charge is 0.492 e. The molecule has 0 bridgehead atoms. The van der Waals surface area contributed by atoms with Gasteiger partial charge in [0.1, 0.15) is 0 Å². The summed E-state index contributed by atoms with van der Waals surface area (Å²) in [7, 11) is 0. The van der Waals surface area contributed by atoms with Gasteiger partial charge in [-0.2, -0.15) is 13.2 Å². The van der Waals surface area contributed by atoms with E-state index >= 15 is 0 Å². The Labute approximate surface area is 78.2 Å². The molecule has 4 nitrogen and oxygen atoms in total. The standard InChI is InChI=1S/C7H10F3NO3/c8-7(9,10)6(13)14-11-3-1-5(12)2-4-11/h5,12H,1-4H2. The second-order valence-electron chi connectivity index (χ2n) is 3.04. The first-order valence-corrected chi connectivity index (χ1v) is 4.11. The molecule has 1 aliphatic rings. The quantitative estimate of drug-likeness (QED) is 0.687. The van der Waals surface area contributed by atoms with E-state index in [1.54, 1.807) is 0 Å². The van der Waals surface area contributed by atoms with Gasteiger partial charge in [-0.05, 0) is 12.8 Å². The van der Waals surface area contributed by atoms with Crippen LogP contribution in [0.5, 0.6) is 0 Å². The van der Waals surface area contributed by atoms with E-state index in [0.717, 1.165) is 5.06 Å². The Hall–Kier alpha value is -0.820. The van der Waals surface area contributed by atoms with E-state index in [4.69, 9.17) is 5.11 Å². The zero-order valence-corrected chi connectivity index (χ0v) is 7.25. The number of aliphatic hydroxyl groups excluding tert-OH is 1. The number of hydrogen-bond donors (Lipinski definition) is 1. The highest BCUT2D eigenvalue weighted by Gasteiger charge is 2.42. The maximum Gasteiger partial charge on any atom is 0.492 e. The minimum Gasteiger partial charge on any atom is -0.393 e. The van der Waals surface area contributed by atoms with Gasteiger partial charge in [-0.15, -0.1) is 5.06 Å². The molecule has 0 spiro atoms. The van der Waals surface area contributed by atoms with Gasteiger partial charge in [0.2, 0.25) is 0 Å². The number of carbonyl (C=O) groups excluding carboxylic acids is 1. The fraction of sp³-hybridized carbons (Fsp3) is 0.857. The summed E-state index contributed by atoms with van der Waals surface area (Å²) in [6.07, 6.45) is -4.86. The molecule has 0 aromatic rings. The van der Waals surface area contributed by atoms with Gasteiger partial charge in [-0.1, -0.05) is 0 Å². The van der Waals surface area contributed by atoms with E-state index in [1.165, 1.54) is 0 Å². The third-order valence-electron chi connectivity index (χ3n) is 1.87. The Morgan fingerprint density at radius 1 is 1.36 bits per heavy atom. The zero-order chi connectivity index (χ0) is 10.8. The van der Waals surface area contributed by atoms with Gasteiger partial charge >= 0.3 is 12.1 Å². The molecule has 1 fully saturated rings. The summed E-state index contributed by atoms with van der Waals surface area (Å²) in [5.74, 6) is -2.21. The van der Waals surface area contributed by atoms with Crippen molar-refractivity contribution >= 4 is 5.97 Å². The number of rotatable bonds is 1. The Bertz CT molecular complexity index is 211. The van der Waals surface area contributed by atoms with E-state index in [-0.39, 0.29) is 13.1 Å². The Kier molecular flexibility index (Phi) is 3.33. The first-order valence-electron chi connectivity index (χ1n) is 4.11. The van der Waals surface area contributed by atoms with Gasteiger partial charge in [0.05, 0.1) is 6.10 Å². The summed E-state index contributed by atoms with van der Waals surface area (Å²) in [4.78, 5) is 14.4. The molecule has 1 rings (SSSR count). The maximum absolute atomic E-state index is 11.7. The Balaban J connectivity index is 2.35. The summed E-state index contributed by atoms with van der Waals surface area (Å²) in [5.41, 5.74) is 0. The molecular weight excluding hydrogens is 203 g/mol. The van der Waals surface area contributed by atoms with Crippen LogP contribution in [0.4, 0.5) is 13.2 Å². The van der Waals surface area contributed by atoms with Gasteiger partial charge in [0.15, 0.2) is 0 Å². The van der Waals surface area contributed by atoms with Gasteiger partial charge in [-0.3, -0.25) is 0 Å². The highest BCUT2D eigenvalue weighted by atomic mass is 19.4. The minimum absolute atomic E-state index is 0.128. The summed E-state index contributed by atoms with van der Waals surface area (Å²) in [6, 6.07) is 0. The number of halogens is 3. The molecule has 0 saturated carbocycles. The lowest BCUT2D eigenvalue weighted by Crippen LogP contribution is -2.40. The van der Waals surface area contributed by atoms with Crippen molar-refractivity contribution in [3.8, 4) is 0 Å². The van der Waals surface area contributed by atoms with Gasteiger partial charge < -0.3 is 9.94 Å². The van der Waals surface area contributed by atoms with Crippen molar-refractivity contribution in [2.24, 2.45) is 0 Å². The summed E-state index contributed by atoms with van der Waals surface area (Å²) in [6.45, 7) is 0.256.